The Morgan fingerprint density at radius 3 is 2.82 bits per heavy atom. The van der Waals surface area contributed by atoms with Crippen molar-refractivity contribution in [3.63, 3.8) is 0 Å². The molecular weight excluding hydrogens is 259 g/mol. The van der Waals surface area contributed by atoms with Gasteiger partial charge in [0, 0.05) is 24.6 Å². The van der Waals surface area contributed by atoms with Gasteiger partial charge in [-0.15, -0.1) is 0 Å². The van der Waals surface area contributed by atoms with Gasteiger partial charge in [0.25, 0.3) is 0 Å². The molecule has 1 aliphatic rings. The summed E-state index contributed by atoms with van der Waals surface area (Å²) in [5.41, 5.74) is 0. The quantitative estimate of drug-likeness (QED) is 0.759. The van der Waals surface area contributed by atoms with Gasteiger partial charge >= 0.3 is 12.1 Å². The first kappa shape index (κ1) is 14.6. The van der Waals surface area contributed by atoms with E-state index in [9.17, 15) is 18.0 Å². The number of carboxylic acid groups (broad SMARTS) is 1. The van der Waals surface area contributed by atoms with Crippen molar-refractivity contribution in [1.82, 2.24) is 4.90 Å². The maximum atomic E-state index is 11.8. The van der Waals surface area contributed by atoms with Crippen LogP contribution in [0.3, 0.4) is 0 Å². The van der Waals surface area contributed by atoms with Crippen LogP contribution in [0, 0.1) is 0 Å². The summed E-state index contributed by atoms with van der Waals surface area (Å²) < 4.78 is 39.8. The molecule has 0 aromatic heterocycles. The molecule has 1 atom stereocenters. The smallest absolute Gasteiger partial charge is 0.411 e. The Morgan fingerprint density at radius 1 is 1.53 bits per heavy atom. The van der Waals surface area contributed by atoms with Crippen LogP contribution in [0.5, 0.6) is 0 Å². The minimum Gasteiger partial charge on any atom is -0.480 e. The Balaban J connectivity index is 2.26. The van der Waals surface area contributed by atoms with Gasteiger partial charge in [-0.25, -0.2) is 0 Å². The first-order valence-electron chi connectivity index (χ1n) is 5.09. The molecule has 17 heavy (non-hydrogen) atoms. The normalized spacial score (nSPS) is 22.6. The molecule has 8 heteroatoms. The Labute approximate surface area is 101 Å². The van der Waals surface area contributed by atoms with Crippen molar-refractivity contribution in [3.05, 3.63) is 0 Å². The molecule has 1 fully saturated rings. The van der Waals surface area contributed by atoms with Gasteiger partial charge in [-0.1, -0.05) is 0 Å². The van der Waals surface area contributed by atoms with E-state index in [-0.39, 0.29) is 13.2 Å². The van der Waals surface area contributed by atoms with Gasteiger partial charge in [0.15, 0.2) is 0 Å². The molecule has 0 saturated carbocycles. The number of hydrogen-bond acceptors (Lipinski definition) is 4. The molecule has 0 spiro atoms. The summed E-state index contributed by atoms with van der Waals surface area (Å²) in [6.45, 7) is -0.605. The third kappa shape index (κ3) is 5.60. The summed E-state index contributed by atoms with van der Waals surface area (Å²) in [6.07, 6.45) is -4.33. The Morgan fingerprint density at radius 2 is 2.24 bits per heavy atom. The van der Waals surface area contributed by atoms with E-state index in [4.69, 9.17) is 5.11 Å². The van der Waals surface area contributed by atoms with E-state index in [1.165, 1.54) is 11.8 Å². The zero-order chi connectivity index (χ0) is 12.9. The minimum atomic E-state index is -4.33. The fourth-order valence-electron chi connectivity index (χ4n) is 1.50. The highest BCUT2D eigenvalue weighted by molar-refractivity contribution is 7.99. The topological polar surface area (TPSA) is 49.8 Å². The summed E-state index contributed by atoms with van der Waals surface area (Å²) in [6, 6.07) is -0.622. The van der Waals surface area contributed by atoms with E-state index in [0.29, 0.717) is 12.3 Å². The first-order chi connectivity index (χ1) is 7.90. The van der Waals surface area contributed by atoms with Gasteiger partial charge < -0.3 is 9.84 Å². The zero-order valence-corrected chi connectivity index (χ0v) is 9.89. The van der Waals surface area contributed by atoms with Crippen molar-refractivity contribution >= 4 is 17.7 Å². The average Bonchev–Trinajstić information content (AvgIpc) is 2.23. The average molecular weight is 273 g/mol. The number of nitrogens with zero attached hydrogens (tertiary/aromatic N) is 1. The lowest BCUT2D eigenvalue weighted by Crippen LogP contribution is -2.48. The van der Waals surface area contributed by atoms with Crippen LogP contribution in [0.4, 0.5) is 13.2 Å². The standard InChI is InChI=1S/C9H14F3NO3S/c10-9(11,12)6-16-3-1-13-2-4-17-5-7(13)8(14)15/h7H,1-6H2,(H,14,15). The molecule has 0 bridgehead atoms. The zero-order valence-electron chi connectivity index (χ0n) is 9.07. The molecule has 1 saturated heterocycles. The van der Waals surface area contributed by atoms with E-state index in [2.05, 4.69) is 4.74 Å². The fraction of sp³-hybridized carbons (Fsp3) is 0.889. The van der Waals surface area contributed by atoms with Crippen molar-refractivity contribution in [1.29, 1.82) is 0 Å². The molecular formula is C9H14F3NO3S. The van der Waals surface area contributed by atoms with Crippen LogP contribution < -0.4 is 0 Å². The lowest BCUT2D eigenvalue weighted by molar-refractivity contribution is -0.175. The van der Waals surface area contributed by atoms with Crippen LogP contribution in [0.15, 0.2) is 0 Å². The second-order valence-corrected chi connectivity index (χ2v) is 4.78. The van der Waals surface area contributed by atoms with Crippen molar-refractivity contribution in [2.75, 3.05) is 37.8 Å². The molecule has 4 nitrogen and oxygen atoms in total. The van der Waals surface area contributed by atoms with Crippen LogP contribution in [0.25, 0.3) is 0 Å². The van der Waals surface area contributed by atoms with E-state index in [1.54, 1.807) is 4.90 Å². The van der Waals surface area contributed by atoms with Crippen LogP contribution >= 0.6 is 11.8 Å². The number of thioether (sulfide) groups is 1. The molecule has 0 radical (unpaired) electrons. The van der Waals surface area contributed by atoms with Crippen LogP contribution in [0.2, 0.25) is 0 Å². The highest BCUT2D eigenvalue weighted by atomic mass is 32.2. The third-order valence-electron chi connectivity index (χ3n) is 2.31. The monoisotopic (exact) mass is 273 g/mol. The van der Waals surface area contributed by atoms with Gasteiger partial charge in [0.05, 0.1) is 6.61 Å². The van der Waals surface area contributed by atoms with Crippen molar-refractivity contribution in [2.45, 2.75) is 12.2 Å². The molecule has 0 aromatic carbocycles. The number of aliphatic carboxylic acids is 1. The largest absolute Gasteiger partial charge is 0.480 e. The number of carboxylic acids is 1. The Bertz CT molecular complexity index is 262. The van der Waals surface area contributed by atoms with Gasteiger partial charge in [-0.2, -0.15) is 24.9 Å². The maximum absolute atomic E-state index is 11.8. The number of rotatable bonds is 5. The first-order valence-corrected chi connectivity index (χ1v) is 6.25. The second kappa shape index (κ2) is 6.46. The number of ether oxygens (including phenoxy) is 1. The SMILES string of the molecule is O=C(O)C1CSCCN1CCOCC(F)(F)F. The lowest BCUT2D eigenvalue weighted by Gasteiger charge is -2.32. The molecule has 1 N–H and O–H groups in total. The number of halogens is 3. The fourth-order valence-corrected chi connectivity index (χ4v) is 2.61. The van der Waals surface area contributed by atoms with Gasteiger partial charge in [-0.05, 0) is 0 Å². The third-order valence-corrected chi connectivity index (χ3v) is 3.34. The molecule has 1 heterocycles. The highest BCUT2D eigenvalue weighted by Gasteiger charge is 2.30. The molecule has 1 rings (SSSR count). The van der Waals surface area contributed by atoms with Crippen molar-refractivity contribution < 1.29 is 27.8 Å². The summed E-state index contributed by atoms with van der Waals surface area (Å²) in [5.74, 6) is 0.325. The second-order valence-electron chi connectivity index (χ2n) is 3.63. The van der Waals surface area contributed by atoms with E-state index < -0.39 is 24.8 Å². The summed E-state index contributed by atoms with van der Waals surface area (Å²) in [7, 11) is 0. The Kier molecular flexibility index (Phi) is 5.54. The molecule has 0 aliphatic carbocycles. The van der Waals surface area contributed by atoms with Crippen LogP contribution in [0.1, 0.15) is 0 Å². The van der Waals surface area contributed by atoms with E-state index >= 15 is 0 Å². The van der Waals surface area contributed by atoms with Crippen molar-refractivity contribution in [3.8, 4) is 0 Å². The summed E-state index contributed by atoms with van der Waals surface area (Å²) >= 11 is 1.54. The number of carbonyl (C=O) groups is 1. The maximum Gasteiger partial charge on any atom is 0.411 e. The van der Waals surface area contributed by atoms with Gasteiger partial charge in [0.2, 0.25) is 0 Å². The lowest BCUT2D eigenvalue weighted by atomic mass is 10.3. The van der Waals surface area contributed by atoms with Crippen molar-refractivity contribution in [2.24, 2.45) is 0 Å². The van der Waals surface area contributed by atoms with E-state index in [0.717, 1.165) is 5.75 Å². The van der Waals surface area contributed by atoms with Gasteiger partial charge in [0.1, 0.15) is 12.6 Å². The van der Waals surface area contributed by atoms with Gasteiger partial charge in [-0.3, -0.25) is 9.69 Å². The predicted octanol–water partition coefficient (Wildman–Crippen LogP) is 1.07. The molecule has 0 amide bonds. The molecule has 100 valence electrons. The highest BCUT2D eigenvalue weighted by Crippen LogP contribution is 2.17. The molecule has 0 aromatic rings. The Hall–Kier alpha value is -0.470. The summed E-state index contributed by atoms with van der Waals surface area (Å²) in [4.78, 5) is 12.5. The number of alkyl halides is 3. The number of hydrogen-bond donors (Lipinski definition) is 1. The predicted molar refractivity (Wildman–Crippen MR) is 57.2 cm³/mol. The molecule has 1 aliphatic heterocycles. The van der Waals surface area contributed by atoms with Crippen LogP contribution in [-0.4, -0.2) is 66.0 Å². The van der Waals surface area contributed by atoms with Crippen LogP contribution in [-0.2, 0) is 9.53 Å². The molecule has 1 unspecified atom stereocenters. The van der Waals surface area contributed by atoms with E-state index in [1.807, 2.05) is 0 Å². The summed E-state index contributed by atoms with van der Waals surface area (Å²) in [5, 5.41) is 8.92. The minimum absolute atomic E-state index is 0.103.